The number of barbiturate groups is 1. The zero-order valence-electron chi connectivity index (χ0n) is 21.2. The number of nitrogens with zero attached hydrogens (tertiary/aromatic N) is 1. The first kappa shape index (κ1) is 29.4. The highest BCUT2D eigenvalue weighted by atomic mass is 127. The first-order chi connectivity index (χ1) is 19.1. The molecule has 0 unspecified atom stereocenters. The minimum absolute atomic E-state index is 0.259. The number of para-hydroxylation sites is 1. The average Bonchev–Trinajstić information content (AvgIpc) is 2.89. The Morgan fingerprint density at radius 3 is 2.55 bits per heavy atom. The monoisotopic (exact) mass is 693 g/mol. The summed E-state index contributed by atoms with van der Waals surface area (Å²) in [4.78, 5) is 52.0. The van der Waals surface area contributed by atoms with E-state index in [9.17, 15) is 19.2 Å². The molecule has 0 spiro atoms. The number of urea groups is 1. The summed E-state index contributed by atoms with van der Waals surface area (Å²) in [5, 5.41) is 5.61. The van der Waals surface area contributed by atoms with Crippen LogP contribution in [0.3, 0.4) is 0 Å². The predicted molar refractivity (Wildman–Crippen MR) is 161 cm³/mol. The highest BCUT2D eigenvalue weighted by Gasteiger charge is 2.37. The van der Waals surface area contributed by atoms with Crippen LogP contribution in [0.15, 0.2) is 60.2 Å². The number of rotatable bonds is 8. The molecule has 12 heteroatoms. The Kier molecular flexibility index (Phi) is 9.33. The third-order valence-corrected chi connectivity index (χ3v) is 7.02. The van der Waals surface area contributed by atoms with Crippen LogP contribution in [0.25, 0.3) is 6.08 Å². The van der Waals surface area contributed by atoms with E-state index in [1.54, 1.807) is 62.4 Å². The van der Waals surface area contributed by atoms with Crippen molar-refractivity contribution in [3.63, 3.8) is 0 Å². The van der Waals surface area contributed by atoms with Gasteiger partial charge in [0.1, 0.15) is 5.57 Å². The summed E-state index contributed by atoms with van der Waals surface area (Å²) in [7, 11) is 0. The maximum atomic E-state index is 13.3. The zero-order chi connectivity index (χ0) is 29.0. The molecule has 1 aliphatic rings. The first-order valence-corrected chi connectivity index (χ1v) is 13.7. The van der Waals surface area contributed by atoms with E-state index < -0.39 is 23.8 Å². The third-order valence-electron chi connectivity index (χ3n) is 5.65. The molecule has 1 aliphatic heterocycles. The van der Waals surface area contributed by atoms with Crippen molar-refractivity contribution >= 4 is 87.0 Å². The van der Waals surface area contributed by atoms with E-state index in [1.807, 2.05) is 22.6 Å². The largest absolute Gasteiger partial charge is 0.490 e. The number of aryl methyl sites for hydroxylation is 1. The second-order valence-corrected chi connectivity index (χ2v) is 10.5. The van der Waals surface area contributed by atoms with Gasteiger partial charge in [0.15, 0.2) is 18.1 Å². The topological polar surface area (TPSA) is 114 Å². The molecule has 0 radical (unpaired) electrons. The van der Waals surface area contributed by atoms with Gasteiger partial charge in [-0.2, -0.15) is 0 Å². The molecule has 206 valence electrons. The molecule has 3 aromatic carbocycles. The summed E-state index contributed by atoms with van der Waals surface area (Å²) in [5.41, 5.74) is 1.52. The van der Waals surface area contributed by atoms with Gasteiger partial charge in [0.2, 0.25) is 0 Å². The third kappa shape index (κ3) is 6.57. The molecule has 40 heavy (non-hydrogen) atoms. The highest BCUT2D eigenvalue weighted by molar-refractivity contribution is 14.1. The SMILES string of the molecule is CCOc1cc(/C=C2\C(=O)NC(=O)N(c3cc(Cl)ccc3C)C2=O)cc(I)c1OCC(=O)Nc1ccccc1Cl. The summed E-state index contributed by atoms with van der Waals surface area (Å²) < 4.78 is 12.1. The molecule has 1 heterocycles. The minimum Gasteiger partial charge on any atom is -0.490 e. The van der Waals surface area contributed by atoms with Crippen molar-refractivity contribution in [2.75, 3.05) is 23.4 Å². The van der Waals surface area contributed by atoms with E-state index in [0.717, 1.165) is 4.90 Å². The molecule has 0 atom stereocenters. The molecule has 1 fully saturated rings. The Morgan fingerprint density at radius 2 is 1.82 bits per heavy atom. The fourth-order valence-corrected chi connectivity index (χ4v) is 4.96. The fourth-order valence-electron chi connectivity index (χ4n) is 3.83. The maximum Gasteiger partial charge on any atom is 0.335 e. The molecule has 0 aliphatic carbocycles. The van der Waals surface area contributed by atoms with Gasteiger partial charge in [-0.1, -0.05) is 41.4 Å². The number of imide groups is 2. The standard InChI is InChI=1S/C28H22Cl2IN3O6/c1-3-39-23-12-16(11-20(31)25(23)40-14-24(35)32-21-7-5-4-6-19(21)30)10-18-26(36)33-28(38)34(27(18)37)22-13-17(29)9-8-15(22)2/h4-13H,3,14H2,1-2H3,(H,32,35)(H,33,36,38)/b18-10+. The van der Waals surface area contributed by atoms with Crippen molar-refractivity contribution in [3.8, 4) is 11.5 Å². The van der Waals surface area contributed by atoms with Crippen LogP contribution in [0.1, 0.15) is 18.1 Å². The highest BCUT2D eigenvalue weighted by Crippen LogP contribution is 2.36. The van der Waals surface area contributed by atoms with Crippen LogP contribution in [0.2, 0.25) is 10.0 Å². The fraction of sp³-hybridized carbons (Fsp3) is 0.143. The van der Waals surface area contributed by atoms with E-state index in [-0.39, 0.29) is 24.5 Å². The Morgan fingerprint density at radius 1 is 1.07 bits per heavy atom. The Bertz CT molecular complexity index is 1560. The van der Waals surface area contributed by atoms with E-state index in [1.165, 1.54) is 12.1 Å². The van der Waals surface area contributed by atoms with Crippen LogP contribution in [0.5, 0.6) is 11.5 Å². The lowest BCUT2D eigenvalue weighted by Crippen LogP contribution is -2.54. The van der Waals surface area contributed by atoms with Gasteiger partial charge < -0.3 is 14.8 Å². The number of hydrogen-bond acceptors (Lipinski definition) is 6. The van der Waals surface area contributed by atoms with Crippen LogP contribution in [0.4, 0.5) is 16.2 Å². The van der Waals surface area contributed by atoms with Crippen LogP contribution < -0.4 is 25.0 Å². The van der Waals surface area contributed by atoms with Gasteiger partial charge in [0.25, 0.3) is 17.7 Å². The van der Waals surface area contributed by atoms with Gasteiger partial charge >= 0.3 is 6.03 Å². The molecule has 3 aromatic rings. The van der Waals surface area contributed by atoms with Gasteiger partial charge in [-0.3, -0.25) is 19.7 Å². The van der Waals surface area contributed by atoms with Crippen LogP contribution >= 0.6 is 45.8 Å². The minimum atomic E-state index is -0.874. The van der Waals surface area contributed by atoms with E-state index >= 15 is 0 Å². The number of nitrogens with one attached hydrogen (secondary N) is 2. The van der Waals surface area contributed by atoms with Crippen molar-refractivity contribution < 1.29 is 28.7 Å². The summed E-state index contributed by atoms with van der Waals surface area (Å²) in [6.45, 7) is 3.46. The second-order valence-electron chi connectivity index (χ2n) is 8.47. The molecule has 1 saturated heterocycles. The lowest BCUT2D eigenvalue weighted by atomic mass is 10.1. The molecular weight excluding hydrogens is 672 g/mol. The molecule has 0 saturated carbocycles. The second kappa shape index (κ2) is 12.7. The normalized spacial score (nSPS) is 14.3. The van der Waals surface area contributed by atoms with Gasteiger partial charge in [-0.05, 0) is 90.0 Å². The lowest BCUT2D eigenvalue weighted by molar-refractivity contribution is -0.122. The zero-order valence-corrected chi connectivity index (χ0v) is 24.9. The number of ether oxygens (including phenoxy) is 2. The number of amides is 5. The number of carbonyl (C=O) groups is 4. The van der Waals surface area contributed by atoms with Gasteiger partial charge in [0.05, 0.1) is 26.6 Å². The smallest absolute Gasteiger partial charge is 0.335 e. The number of benzene rings is 3. The van der Waals surface area contributed by atoms with Crippen molar-refractivity contribution in [2.45, 2.75) is 13.8 Å². The number of hydrogen-bond donors (Lipinski definition) is 2. The van der Waals surface area contributed by atoms with E-state index in [2.05, 4.69) is 10.6 Å². The molecule has 0 aromatic heterocycles. The van der Waals surface area contributed by atoms with Crippen LogP contribution in [-0.4, -0.2) is 37.0 Å². The molecule has 9 nitrogen and oxygen atoms in total. The molecule has 0 bridgehead atoms. The van der Waals surface area contributed by atoms with Crippen molar-refractivity contribution in [3.05, 3.63) is 84.9 Å². The number of carbonyl (C=O) groups excluding carboxylic acids is 4. The molecule has 4 rings (SSSR count). The summed E-state index contributed by atoms with van der Waals surface area (Å²) in [6, 6.07) is 14.0. The molecule has 5 amide bonds. The lowest BCUT2D eigenvalue weighted by Gasteiger charge is -2.27. The average molecular weight is 694 g/mol. The number of anilines is 2. The summed E-state index contributed by atoms with van der Waals surface area (Å²) in [6.07, 6.45) is 1.36. The molecular formula is C28H22Cl2IN3O6. The quantitative estimate of drug-likeness (QED) is 0.170. The Labute approximate surface area is 253 Å². The summed E-state index contributed by atoms with van der Waals surface area (Å²) in [5.74, 6) is -1.46. The van der Waals surface area contributed by atoms with Crippen LogP contribution in [-0.2, 0) is 14.4 Å². The maximum absolute atomic E-state index is 13.3. The molecule has 2 N–H and O–H groups in total. The van der Waals surface area contributed by atoms with Gasteiger partial charge in [-0.15, -0.1) is 0 Å². The summed E-state index contributed by atoms with van der Waals surface area (Å²) >= 11 is 14.2. The van der Waals surface area contributed by atoms with E-state index in [4.69, 9.17) is 32.7 Å². The van der Waals surface area contributed by atoms with Crippen molar-refractivity contribution in [2.24, 2.45) is 0 Å². The first-order valence-electron chi connectivity index (χ1n) is 11.9. The van der Waals surface area contributed by atoms with Crippen molar-refractivity contribution in [1.29, 1.82) is 0 Å². The predicted octanol–water partition coefficient (Wildman–Crippen LogP) is 5.99. The van der Waals surface area contributed by atoms with Gasteiger partial charge in [-0.25, -0.2) is 9.69 Å². The van der Waals surface area contributed by atoms with Crippen molar-refractivity contribution in [1.82, 2.24) is 5.32 Å². The van der Waals surface area contributed by atoms with E-state index in [0.29, 0.717) is 41.9 Å². The van der Waals surface area contributed by atoms with Gasteiger partial charge in [0, 0.05) is 5.02 Å². The van der Waals surface area contributed by atoms with Crippen LogP contribution in [0, 0.1) is 10.5 Å². The number of halogens is 3. The Balaban J connectivity index is 1.61. The Hall–Kier alpha value is -3.61.